The molecule has 0 radical (unpaired) electrons. The summed E-state index contributed by atoms with van der Waals surface area (Å²) < 4.78 is 5.48. The Morgan fingerprint density at radius 1 is 1.67 bits per heavy atom. The molecule has 0 saturated carbocycles. The van der Waals surface area contributed by atoms with Crippen molar-refractivity contribution >= 4 is 28.9 Å². The molecule has 0 aliphatic rings. The van der Waals surface area contributed by atoms with E-state index in [4.69, 9.17) is 16.3 Å². The lowest BCUT2D eigenvalue weighted by molar-refractivity contribution is -0.142. The molecule has 1 rings (SSSR count). The van der Waals surface area contributed by atoms with Crippen LogP contribution in [0.4, 0.5) is 0 Å². The quantitative estimate of drug-likeness (QED) is 0.708. The molecule has 12 heavy (non-hydrogen) atoms. The van der Waals surface area contributed by atoms with Crippen LogP contribution in [-0.4, -0.2) is 12.6 Å². The number of carbonyl (C=O) groups excluding carboxylic acids is 1. The van der Waals surface area contributed by atoms with E-state index in [9.17, 15) is 4.79 Å². The molecule has 0 aliphatic heterocycles. The Kier molecular flexibility index (Phi) is 3.56. The van der Waals surface area contributed by atoms with Gasteiger partial charge in [0.05, 0.1) is 17.4 Å². The molecule has 0 aromatic carbocycles. The van der Waals surface area contributed by atoms with Crippen LogP contribution < -0.4 is 0 Å². The average molecular weight is 205 g/mol. The molecule has 4 heteroatoms. The van der Waals surface area contributed by atoms with E-state index in [2.05, 4.69) is 0 Å². The van der Waals surface area contributed by atoms with E-state index in [0.717, 1.165) is 4.88 Å². The van der Waals surface area contributed by atoms with Gasteiger partial charge in [0.25, 0.3) is 0 Å². The minimum Gasteiger partial charge on any atom is -0.466 e. The first-order valence-electron chi connectivity index (χ1n) is 3.62. The van der Waals surface area contributed by atoms with Crippen LogP contribution in [-0.2, 0) is 16.0 Å². The van der Waals surface area contributed by atoms with Crippen LogP contribution in [0.3, 0.4) is 0 Å². The van der Waals surface area contributed by atoms with Gasteiger partial charge >= 0.3 is 5.97 Å². The maximum absolute atomic E-state index is 11.0. The van der Waals surface area contributed by atoms with Crippen molar-refractivity contribution in [1.82, 2.24) is 0 Å². The number of hydrogen-bond donors (Lipinski definition) is 0. The molecular formula is C8H9ClO2S. The zero-order chi connectivity index (χ0) is 8.97. The predicted octanol–water partition coefficient (Wildman–Crippen LogP) is 2.51. The van der Waals surface area contributed by atoms with E-state index in [-0.39, 0.29) is 5.97 Å². The molecule has 2 nitrogen and oxygen atoms in total. The number of halogens is 1. The van der Waals surface area contributed by atoms with Crippen LogP contribution in [0.2, 0.25) is 4.34 Å². The van der Waals surface area contributed by atoms with Gasteiger partial charge < -0.3 is 4.74 Å². The predicted molar refractivity (Wildman–Crippen MR) is 49.7 cm³/mol. The Morgan fingerprint density at radius 3 is 2.92 bits per heavy atom. The summed E-state index contributed by atoms with van der Waals surface area (Å²) in [5.74, 6) is -0.198. The molecule has 0 fully saturated rings. The third kappa shape index (κ3) is 2.83. The van der Waals surface area contributed by atoms with Gasteiger partial charge in [-0.15, -0.1) is 11.3 Å². The Hall–Kier alpha value is -0.540. The largest absolute Gasteiger partial charge is 0.466 e. The number of rotatable bonds is 3. The summed E-state index contributed by atoms with van der Waals surface area (Å²) in [5.41, 5.74) is 0. The molecule has 0 bridgehead atoms. The van der Waals surface area contributed by atoms with E-state index in [1.54, 1.807) is 13.0 Å². The Labute approximate surface area is 80.1 Å². The Morgan fingerprint density at radius 2 is 2.42 bits per heavy atom. The summed E-state index contributed by atoms with van der Waals surface area (Å²) >= 11 is 7.09. The fourth-order valence-electron chi connectivity index (χ4n) is 0.801. The van der Waals surface area contributed by atoms with E-state index < -0.39 is 0 Å². The highest BCUT2D eigenvalue weighted by molar-refractivity contribution is 7.16. The minimum absolute atomic E-state index is 0.198. The highest BCUT2D eigenvalue weighted by Crippen LogP contribution is 2.21. The standard InChI is InChI=1S/C8H9ClO2S/c1-2-11-8(10)5-6-3-4-7(9)12-6/h3-4H,2,5H2,1H3. The highest BCUT2D eigenvalue weighted by Gasteiger charge is 2.05. The topological polar surface area (TPSA) is 26.3 Å². The van der Waals surface area contributed by atoms with Crippen LogP contribution in [0.5, 0.6) is 0 Å². The van der Waals surface area contributed by atoms with Crippen LogP contribution in [0.1, 0.15) is 11.8 Å². The monoisotopic (exact) mass is 204 g/mol. The lowest BCUT2D eigenvalue weighted by Crippen LogP contribution is -2.05. The van der Waals surface area contributed by atoms with Crippen molar-refractivity contribution in [2.45, 2.75) is 13.3 Å². The van der Waals surface area contributed by atoms with Crippen LogP contribution in [0, 0.1) is 0 Å². The van der Waals surface area contributed by atoms with Crippen molar-refractivity contribution in [2.24, 2.45) is 0 Å². The second kappa shape index (κ2) is 4.48. The maximum atomic E-state index is 11.0. The van der Waals surface area contributed by atoms with Gasteiger partial charge in [0.2, 0.25) is 0 Å². The van der Waals surface area contributed by atoms with Crippen molar-refractivity contribution in [3.63, 3.8) is 0 Å². The first kappa shape index (κ1) is 9.55. The van der Waals surface area contributed by atoms with E-state index in [1.807, 2.05) is 6.07 Å². The maximum Gasteiger partial charge on any atom is 0.311 e. The molecule has 66 valence electrons. The van der Waals surface area contributed by atoms with Gasteiger partial charge in [0.1, 0.15) is 0 Å². The normalized spacial score (nSPS) is 9.83. The van der Waals surface area contributed by atoms with E-state index in [0.29, 0.717) is 17.4 Å². The van der Waals surface area contributed by atoms with Crippen LogP contribution in [0.25, 0.3) is 0 Å². The first-order valence-corrected chi connectivity index (χ1v) is 4.81. The van der Waals surface area contributed by atoms with Gasteiger partial charge in [-0.2, -0.15) is 0 Å². The molecule has 1 heterocycles. The number of hydrogen-bond acceptors (Lipinski definition) is 3. The lowest BCUT2D eigenvalue weighted by Gasteiger charge is -1.97. The molecule has 1 aromatic rings. The van der Waals surface area contributed by atoms with Crippen LogP contribution >= 0.6 is 22.9 Å². The van der Waals surface area contributed by atoms with Crippen molar-refractivity contribution in [3.05, 3.63) is 21.3 Å². The summed E-state index contributed by atoms with van der Waals surface area (Å²) in [5, 5.41) is 0. The molecule has 0 N–H and O–H groups in total. The SMILES string of the molecule is CCOC(=O)Cc1ccc(Cl)s1. The zero-order valence-corrected chi connectivity index (χ0v) is 8.24. The average Bonchev–Trinajstić information content (AvgIpc) is 2.36. The van der Waals surface area contributed by atoms with E-state index >= 15 is 0 Å². The molecular weight excluding hydrogens is 196 g/mol. The van der Waals surface area contributed by atoms with Gasteiger partial charge in [0.15, 0.2) is 0 Å². The van der Waals surface area contributed by atoms with Crippen molar-refractivity contribution in [2.75, 3.05) is 6.61 Å². The van der Waals surface area contributed by atoms with Crippen LogP contribution in [0.15, 0.2) is 12.1 Å². The summed E-state index contributed by atoms with van der Waals surface area (Å²) in [6, 6.07) is 3.62. The van der Waals surface area contributed by atoms with Crippen molar-refractivity contribution < 1.29 is 9.53 Å². The number of esters is 1. The summed E-state index contributed by atoms with van der Waals surface area (Å²) in [4.78, 5) is 11.9. The second-order valence-electron chi connectivity index (χ2n) is 2.19. The molecule has 0 amide bonds. The molecule has 1 aromatic heterocycles. The molecule has 0 unspecified atom stereocenters. The lowest BCUT2D eigenvalue weighted by atomic mass is 10.3. The third-order valence-corrected chi connectivity index (χ3v) is 2.48. The molecule has 0 saturated heterocycles. The second-order valence-corrected chi connectivity index (χ2v) is 3.99. The number of carbonyl (C=O) groups is 1. The van der Waals surface area contributed by atoms with Crippen molar-refractivity contribution in [1.29, 1.82) is 0 Å². The number of thiophene rings is 1. The van der Waals surface area contributed by atoms with E-state index in [1.165, 1.54) is 11.3 Å². The third-order valence-electron chi connectivity index (χ3n) is 1.25. The highest BCUT2D eigenvalue weighted by atomic mass is 35.5. The summed E-state index contributed by atoms with van der Waals surface area (Å²) in [7, 11) is 0. The molecule has 0 atom stereocenters. The minimum atomic E-state index is -0.198. The van der Waals surface area contributed by atoms with Gasteiger partial charge in [-0.1, -0.05) is 11.6 Å². The fourth-order valence-corrected chi connectivity index (χ4v) is 1.87. The Balaban J connectivity index is 2.46. The summed E-state index contributed by atoms with van der Waals surface area (Å²) in [6.07, 6.45) is 0.325. The smallest absolute Gasteiger partial charge is 0.311 e. The fraction of sp³-hybridized carbons (Fsp3) is 0.375. The summed E-state index contributed by atoms with van der Waals surface area (Å²) in [6.45, 7) is 2.22. The Bertz CT molecular complexity index is 270. The number of ether oxygens (including phenoxy) is 1. The first-order chi connectivity index (χ1) is 5.72. The van der Waals surface area contributed by atoms with Gasteiger partial charge in [0, 0.05) is 4.88 Å². The molecule has 0 aliphatic carbocycles. The van der Waals surface area contributed by atoms with Gasteiger partial charge in [-0.05, 0) is 19.1 Å². The van der Waals surface area contributed by atoms with Gasteiger partial charge in [-0.3, -0.25) is 4.79 Å². The van der Waals surface area contributed by atoms with Crippen molar-refractivity contribution in [3.8, 4) is 0 Å². The molecule has 0 spiro atoms. The van der Waals surface area contributed by atoms with Gasteiger partial charge in [-0.25, -0.2) is 0 Å². The zero-order valence-electron chi connectivity index (χ0n) is 6.67.